The Hall–Kier alpha value is -2.58. The molecule has 9 heteroatoms. The maximum absolute atomic E-state index is 12.9. The van der Waals surface area contributed by atoms with E-state index < -0.39 is 23.8 Å². The molecule has 30 heavy (non-hydrogen) atoms. The normalized spacial score (nSPS) is 14.7. The third kappa shape index (κ3) is 5.96. The van der Waals surface area contributed by atoms with Crippen LogP contribution in [-0.4, -0.2) is 34.6 Å². The molecule has 0 bridgehead atoms. The first kappa shape index (κ1) is 23.7. The van der Waals surface area contributed by atoms with E-state index in [4.69, 9.17) is 10.5 Å². The van der Waals surface area contributed by atoms with E-state index in [1.54, 1.807) is 0 Å². The van der Waals surface area contributed by atoms with Crippen molar-refractivity contribution in [3.05, 3.63) is 20.8 Å². The van der Waals surface area contributed by atoms with E-state index in [-0.39, 0.29) is 35.9 Å². The minimum atomic E-state index is -0.722. The third-order valence-electron chi connectivity index (χ3n) is 5.34. The van der Waals surface area contributed by atoms with Gasteiger partial charge in [-0.1, -0.05) is 46.5 Å². The second-order valence-corrected chi connectivity index (χ2v) is 8.34. The standard InChI is InChI=1S/C21H34N4O5/c1-4-5-11-24(16(26)13-30-20(28)15-9-7-6-8-10-15)17-18(22)25(12-14(2)3)21(29)23-19(17)27/h14-15H,4-13,22H2,1-3H3,(H,23,27,29). The molecule has 1 aromatic rings. The van der Waals surface area contributed by atoms with Gasteiger partial charge in [0, 0.05) is 13.1 Å². The van der Waals surface area contributed by atoms with Crippen LogP contribution in [-0.2, 0) is 20.9 Å². The molecule has 0 atom stereocenters. The van der Waals surface area contributed by atoms with Crippen molar-refractivity contribution in [2.24, 2.45) is 11.8 Å². The van der Waals surface area contributed by atoms with Gasteiger partial charge in [0.1, 0.15) is 5.82 Å². The van der Waals surface area contributed by atoms with E-state index >= 15 is 0 Å². The highest BCUT2D eigenvalue weighted by molar-refractivity contribution is 5.97. The zero-order valence-corrected chi connectivity index (χ0v) is 18.2. The topological polar surface area (TPSA) is 127 Å². The van der Waals surface area contributed by atoms with Crippen LogP contribution >= 0.6 is 0 Å². The van der Waals surface area contributed by atoms with Crippen molar-refractivity contribution >= 4 is 23.4 Å². The predicted octanol–water partition coefficient (Wildman–Crippen LogP) is 2.03. The number of carbonyl (C=O) groups excluding carboxylic acids is 2. The summed E-state index contributed by atoms with van der Waals surface area (Å²) in [5.74, 6) is -1.01. The summed E-state index contributed by atoms with van der Waals surface area (Å²) in [6.45, 7) is 5.88. The number of rotatable bonds is 9. The molecule has 0 aromatic carbocycles. The smallest absolute Gasteiger partial charge is 0.330 e. The van der Waals surface area contributed by atoms with E-state index in [0.29, 0.717) is 13.0 Å². The van der Waals surface area contributed by atoms with Crippen molar-refractivity contribution in [1.82, 2.24) is 9.55 Å². The molecule has 168 valence electrons. The molecule has 1 aliphatic carbocycles. The number of nitrogen functional groups attached to an aromatic ring is 1. The molecule has 1 fully saturated rings. The van der Waals surface area contributed by atoms with Crippen LogP contribution in [0.25, 0.3) is 0 Å². The van der Waals surface area contributed by atoms with Crippen molar-refractivity contribution in [3.8, 4) is 0 Å². The Morgan fingerprint density at radius 2 is 1.90 bits per heavy atom. The zero-order valence-electron chi connectivity index (χ0n) is 18.2. The highest BCUT2D eigenvalue weighted by Crippen LogP contribution is 2.25. The Morgan fingerprint density at radius 1 is 1.23 bits per heavy atom. The quantitative estimate of drug-likeness (QED) is 0.586. The summed E-state index contributed by atoms with van der Waals surface area (Å²) in [5, 5.41) is 0. The average Bonchev–Trinajstić information content (AvgIpc) is 2.71. The highest BCUT2D eigenvalue weighted by atomic mass is 16.5. The van der Waals surface area contributed by atoms with Crippen LogP contribution < -0.4 is 21.9 Å². The molecule has 3 N–H and O–H groups in total. The van der Waals surface area contributed by atoms with Crippen LogP contribution in [0.1, 0.15) is 65.7 Å². The Labute approximate surface area is 176 Å². The van der Waals surface area contributed by atoms with Gasteiger partial charge in [0.05, 0.1) is 5.92 Å². The van der Waals surface area contributed by atoms with Gasteiger partial charge in [-0.15, -0.1) is 0 Å². The van der Waals surface area contributed by atoms with Gasteiger partial charge < -0.3 is 15.4 Å². The highest BCUT2D eigenvalue weighted by Gasteiger charge is 2.27. The fourth-order valence-corrected chi connectivity index (χ4v) is 3.73. The van der Waals surface area contributed by atoms with E-state index in [1.165, 1.54) is 9.47 Å². The van der Waals surface area contributed by atoms with Gasteiger partial charge in [0.25, 0.3) is 11.5 Å². The molecule has 0 aliphatic heterocycles. The lowest BCUT2D eigenvalue weighted by Crippen LogP contribution is -2.43. The summed E-state index contributed by atoms with van der Waals surface area (Å²) >= 11 is 0. The maximum atomic E-state index is 12.9. The summed E-state index contributed by atoms with van der Waals surface area (Å²) in [6, 6.07) is 0. The number of nitrogens with zero attached hydrogens (tertiary/aromatic N) is 2. The Bertz CT molecular complexity index is 852. The molecule has 1 aliphatic rings. The molecule has 2 rings (SSSR count). The maximum Gasteiger partial charge on any atom is 0.330 e. The minimum absolute atomic E-state index is 0.0551. The molecule has 1 aromatic heterocycles. The molecule has 0 radical (unpaired) electrons. The SMILES string of the molecule is CCCCN(C(=O)COC(=O)C1CCCCC1)c1c(N)n(CC(C)C)c(=O)[nH]c1=O. The van der Waals surface area contributed by atoms with E-state index in [0.717, 1.165) is 38.5 Å². The number of amides is 1. The molecular formula is C21H34N4O5. The van der Waals surface area contributed by atoms with Crippen LogP contribution in [0.2, 0.25) is 0 Å². The summed E-state index contributed by atoms with van der Waals surface area (Å²) in [7, 11) is 0. The van der Waals surface area contributed by atoms with Gasteiger partial charge in [-0.2, -0.15) is 0 Å². The van der Waals surface area contributed by atoms with Gasteiger partial charge in [-0.25, -0.2) is 4.79 Å². The number of nitrogens with two attached hydrogens (primary N) is 1. The monoisotopic (exact) mass is 422 g/mol. The molecule has 0 spiro atoms. The molecule has 1 saturated carbocycles. The lowest BCUT2D eigenvalue weighted by molar-refractivity contribution is -0.153. The largest absolute Gasteiger partial charge is 0.455 e. The molecule has 0 saturated heterocycles. The number of ether oxygens (including phenoxy) is 1. The van der Waals surface area contributed by atoms with Crippen molar-refractivity contribution in [1.29, 1.82) is 0 Å². The number of aromatic nitrogens is 2. The van der Waals surface area contributed by atoms with Gasteiger partial charge in [0.15, 0.2) is 12.3 Å². The molecule has 9 nitrogen and oxygen atoms in total. The number of unbranched alkanes of at least 4 members (excludes halogenated alkanes) is 1. The fourth-order valence-electron chi connectivity index (χ4n) is 3.73. The summed E-state index contributed by atoms with van der Waals surface area (Å²) in [6.07, 6.45) is 6.05. The van der Waals surface area contributed by atoms with Gasteiger partial charge in [-0.05, 0) is 25.2 Å². The lowest BCUT2D eigenvalue weighted by atomic mass is 9.89. The van der Waals surface area contributed by atoms with Crippen LogP contribution in [0, 0.1) is 11.8 Å². The van der Waals surface area contributed by atoms with Crippen LogP contribution in [0.15, 0.2) is 9.59 Å². The number of aromatic amines is 1. The van der Waals surface area contributed by atoms with Crippen LogP contribution in [0.4, 0.5) is 11.5 Å². The second-order valence-electron chi connectivity index (χ2n) is 8.34. The Kier molecular flexibility index (Phi) is 8.68. The Balaban J connectivity index is 2.26. The molecular weight excluding hydrogens is 388 g/mol. The summed E-state index contributed by atoms with van der Waals surface area (Å²) in [5.41, 5.74) is 4.76. The summed E-state index contributed by atoms with van der Waals surface area (Å²) in [4.78, 5) is 53.4. The first-order valence-corrected chi connectivity index (χ1v) is 10.9. The van der Waals surface area contributed by atoms with Crippen LogP contribution in [0.5, 0.6) is 0 Å². The predicted molar refractivity (Wildman–Crippen MR) is 115 cm³/mol. The Morgan fingerprint density at radius 3 is 2.50 bits per heavy atom. The average molecular weight is 423 g/mol. The number of anilines is 2. The first-order chi connectivity index (χ1) is 14.3. The number of hydrogen-bond donors (Lipinski definition) is 2. The lowest BCUT2D eigenvalue weighted by Gasteiger charge is -2.25. The van der Waals surface area contributed by atoms with E-state index in [1.807, 2.05) is 20.8 Å². The molecule has 1 heterocycles. The third-order valence-corrected chi connectivity index (χ3v) is 5.34. The fraction of sp³-hybridized carbons (Fsp3) is 0.714. The zero-order chi connectivity index (χ0) is 22.3. The molecule has 0 unspecified atom stereocenters. The van der Waals surface area contributed by atoms with Gasteiger partial charge >= 0.3 is 11.7 Å². The van der Waals surface area contributed by atoms with Gasteiger partial charge in [0.2, 0.25) is 0 Å². The number of esters is 1. The molecule has 1 amide bonds. The van der Waals surface area contributed by atoms with Crippen molar-refractivity contribution in [2.75, 3.05) is 23.8 Å². The number of hydrogen-bond acceptors (Lipinski definition) is 6. The van der Waals surface area contributed by atoms with Crippen LogP contribution in [0.3, 0.4) is 0 Å². The van der Waals surface area contributed by atoms with Crippen molar-refractivity contribution < 1.29 is 14.3 Å². The van der Waals surface area contributed by atoms with Crippen molar-refractivity contribution in [2.45, 2.75) is 72.3 Å². The first-order valence-electron chi connectivity index (χ1n) is 10.9. The van der Waals surface area contributed by atoms with E-state index in [9.17, 15) is 19.2 Å². The summed E-state index contributed by atoms with van der Waals surface area (Å²) < 4.78 is 6.54. The number of H-pyrrole nitrogens is 1. The second kappa shape index (κ2) is 11.0. The number of nitrogens with one attached hydrogen (secondary N) is 1. The minimum Gasteiger partial charge on any atom is -0.455 e. The van der Waals surface area contributed by atoms with Gasteiger partial charge in [-0.3, -0.25) is 23.9 Å². The number of carbonyl (C=O) groups is 2. The van der Waals surface area contributed by atoms with E-state index in [2.05, 4.69) is 4.98 Å². The van der Waals surface area contributed by atoms with Crippen molar-refractivity contribution in [3.63, 3.8) is 0 Å².